The van der Waals surface area contributed by atoms with Crippen molar-refractivity contribution in [3.05, 3.63) is 60.2 Å². The molecule has 0 saturated heterocycles. The van der Waals surface area contributed by atoms with Gasteiger partial charge in [0, 0.05) is 7.05 Å². The second-order valence-corrected chi connectivity index (χ2v) is 7.42. The van der Waals surface area contributed by atoms with Crippen molar-refractivity contribution in [2.45, 2.75) is 12.5 Å². The first-order valence-corrected chi connectivity index (χ1v) is 9.04. The van der Waals surface area contributed by atoms with Gasteiger partial charge < -0.3 is 5.32 Å². The van der Waals surface area contributed by atoms with E-state index >= 15 is 0 Å². The number of hydrogen-bond acceptors (Lipinski definition) is 3. The van der Waals surface area contributed by atoms with Crippen molar-refractivity contribution in [2.75, 3.05) is 29.3 Å². The van der Waals surface area contributed by atoms with Gasteiger partial charge in [-0.3, -0.25) is 4.31 Å². The molecule has 0 spiro atoms. The van der Waals surface area contributed by atoms with Gasteiger partial charge in [0.15, 0.2) is 0 Å². The normalized spacial score (nSPS) is 17.1. The Hall–Kier alpha value is -2.05. The summed E-state index contributed by atoms with van der Waals surface area (Å²) in [6, 6.07) is 17.0. The van der Waals surface area contributed by atoms with E-state index in [1.54, 1.807) is 11.4 Å². The SMILES string of the molecule is CNCCC(c1ccccc1)N1c2ccccc2N(C)S1(=O)=O. The van der Waals surface area contributed by atoms with Crippen LogP contribution in [0.25, 0.3) is 0 Å². The van der Waals surface area contributed by atoms with E-state index in [0.29, 0.717) is 6.42 Å². The maximum atomic E-state index is 13.0. The predicted molar refractivity (Wildman–Crippen MR) is 94.0 cm³/mol. The number of para-hydroxylation sites is 2. The fraction of sp³-hybridized carbons (Fsp3) is 0.294. The molecule has 3 rings (SSSR count). The molecule has 2 aromatic rings. The summed E-state index contributed by atoms with van der Waals surface area (Å²) in [5.41, 5.74) is 2.45. The lowest BCUT2D eigenvalue weighted by molar-refractivity contribution is 0.564. The van der Waals surface area contributed by atoms with E-state index in [4.69, 9.17) is 0 Å². The summed E-state index contributed by atoms with van der Waals surface area (Å²) in [7, 11) is -0.0828. The first-order chi connectivity index (χ1) is 11.1. The molecule has 0 amide bonds. The summed E-state index contributed by atoms with van der Waals surface area (Å²) in [5, 5.41) is 3.12. The Balaban J connectivity index is 2.11. The zero-order valence-electron chi connectivity index (χ0n) is 13.3. The molecular formula is C17H21N3O2S. The van der Waals surface area contributed by atoms with Crippen LogP contribution in [0.1, 0.15) is 18.0 Å². The number of benzene rings is 2. The van der Waals surface area contributed by atoms with Crippen LogP contribution in [0.4, 0.5) is 11.4 Å². The molecule has 23 heavy (non-hydrogen) atoms. The van der Waals surface area contributed by atoms with Crippen molar-refractivity contribution >= 4 is 21.6 Å². The molecule has 2 aromatic carbocycles. The molecule has 122 valence electrons. The maximum absolute atomic E-state index is 13.0. The molecule has 0 bridgehead atoms. The second-order valence-electron chi connectivity index (χ2n) is 5.58. The quantitative estimate of drug-likeness (QED) is 0.916. The lowest BCUT2D eigenvalue weighted by Gasteiger charge is -2.29. The van der Waals surface area contributed by atoms with Crippen molar-refractivity contribution in [3.63, 3.8) is 0 Å². The average Bonchev–Trinajstić information content (AvgIpc) is 2.77. The number of rotatable bonds is 5. The van der Waals surface area contributed by atoms with E-state index in [2.05, 4.69) is 5.32 Å². The Morgan fingerprint density at radius 1 is 1.00 bits per heavy atom. The monoisotopic (exact) mass is 331 g/mol. The van der Waals surface area contributed by atoms with Gasteiger partial charge in [-0.25, -0.2) is 4.31 Å². The van der Waals surface area contributed by atoms with Crippen LogP contribution >= 0.6 is 0 Å². The first kappa shape index (κ1) is 15.8. The van der Waals surface area contributed by atoms with Crippen LogP contribution in [0.2, 0.25) is 0 Å². The summed E-state index contributed by atoms with van der Waals surface area (Å²) in [4.78, 5) is 0. The van der Waals surface area contributed by atoms with E-state index in [0.717, 1.165) is 23.5 Å². The number of anilines is 2. The third-order valence-corrected chi connectivity index (χ3v) is 6.03. The van der Waals surface area contributed by atoms with Gasteiger partial charge in [0.1, 0.15) is 0 Å². The molecular weight excluding hydrogens is 310 g/mol. The van der Waals surface area contributed by atoms with Crippen molar-refractivity contribution in [1.82, 2.24) is 5.32 Å². The standard InChI is InChI=1S/C17H21N3O2S/c1-18-13-12-15(14-8-4-3-5-9-14)20-17-11-7-6-10-16(17)19(2)23(20,21)22/h3-11,15,18H,12-13H2,1-2H3. The van der Waals surface area contributed by atoms with Gasteiger partial charge in [0.25, 0.3) is 0 Å². The minimum Gasteiger partial charge on any atom is -0.320 e. The third-order valence-electron chi connectivity index (χ3n) is 4.19. The maximum Gasteiger partial charge on any atom is 0.326 e. The van der Waals surface area contributed by atoms with Crippen LogP contribution in [-0.2, 0) is 10.2 Å². The summed E-state index contributed by atoms with van der Waals surface area (Å²) in [5.74, 6) is 0. The van der Waals surface area contributed by atoms with Gasteiger partial charge in [-0.05, 0) is 37.7 Å². The fourth-order valence-corrected chi connectivity index (χ4v) is 4.62. The molecule has 5 nitrogen and oxygen atoms in total. The third kappa shape index (κ3) is 2.68. The Kier molecular flexibility index (Phi) is 4.28. The number of hydrogen-bond donors (Lipinski definition) is 1. The lowest BCUT2D eigenvalue weighted by atomic mass is 10.0. The van der Waals surface area contributed by atoms with Crippen molar-refractivity contribution in [2.24, 2.45) is 0 Å². The van der Waals surface area contributed by atoms with Crippen molar-refractivity contribution in [1.29, 1.82) is 0 Å². The Morgan fingerprint density at radius 2 is 1.61 bits per heavy atom. The van der Waals surface area contributed by atoms with Gasteiger partial charge in [0.05, 0.1) is 17.4 Å². The Bertz CT molecular complexity index is 777. The highest BCUT2D eigenvalue weighted by molar-refractivity contribution is 7.94. The molecule has 0 saturated carbocycles. The molecule has 1 heterocycles. The minimum absolute atomic E-state index is 0.236. The second kappa shape index (κ2) is 6.22. The number of fused-ring (bicyclic) bond motifs is 1. The summed E-state index contributed by atoms with van der Waals surface area (Å²) >= 11 is 0. The molecule has 0 radical (unpaired) electrons. The summed E-state index contributed by atoms with van der Waals surface area (Å²) in [6.07, 6.45) is 0.696. The smallest absolute Gasteiger partial charge is 0.320 e. The van der Waals surface area contributed by atoms with E-state index < -0.39 is 10.2 Å². The van der Waals surface area contributed by atoms with Crippen LogP contribution in [0.5, 0.6) is 0 Å². The van der Waals surface area contributed by atoms with E-state index in [1.807, 2.05) is 61.6 Å². The van der Waals surface area contributed by atoms with Gasteiger partial charge >= 0.3 is 10.2 Å². The van der Waals surface area contributed by atoms with Crippen molar-refractivity contribution in [3.8, 4) is 0 Å². The van der Waals surface area contributed by atoms with E-state index in [-0.39, 0.29) is 6.04 Å². The highest BCUT2D eigenvalue weighted by Crippen LogP contribution is 2.45. The van der Waals surface area contributed by atoms with Gasteiger partial charge in [-0.15, -0.1) is 0 Å². The highest BCUT2D eigenvalue weighted by atomic mass is 32.2. The fourth-order valence-electron chi connectivity index (χ4n) is 3.00. The number of nitrogens with one attached hydrogen (secondary N) is 1. The summed E-state index contributed by atoms with van der Waals surface area (Å²) in [6.45, 7) is 0.734. The average molecular weight is 331 g/mol. The molecule has 1 aliphatic rings. The zero-order chi connectivity index (χ0) is 16.4. The van der Waals surface area contributed by atoms with Crippen LogP contribution < -0.4 is 13.9 Å². The molecule has 1 atom stereocenters. The predicted octanol–water partition coefficient (Wildman–Crippen LogP) is 2.54. The molecule has 1 N–H and O–H groups in total. The highest BCUT2D eigenvalue weighted by Gasteiger charge is 2.42. The lowest BCUT2D eigenvalue weighted by Crippen LogP contribution is -2.39. The molecule has 1 unspecified atom stereocenters. The van der Waals surface area contributed by atoms with Crippen molar-refractivity contribution < 1.29 is 8.42 Å². The van der Waals surface area contributed by atoms with Gasteiger partial charge in [-0.1, -0.05) is 42.5 Å². The Labute approximate surface area is 137 Å². The molecule has 0 fully saturated rings. The van der Waals surface area contributed by atoms with Crippen LogP contribution in [0.3, 0.4) is 0 Å². The largest absolute Gasteiger partial charge is 0.326 e. The Morgan fingerprint density at radius 3 is 2.26 bits per heavy atom. The van der Waals surface area contributed by atoms with E-state index in [9.17, 15) is 8.42 Å². The topological polar surface area (TPSA) is 52.6 Å². The first-order valence-electron chi connectivity index (χ1n) is 7.64. The van der Waals surface area contributed by atoms with Crippen LogP contribution in [0, 0.1) is 0 Å². The molecule has 1 aliphatic heterocycles. The molecule has 0 aliphatic carbocycles. The summed E-state index contributed by atoms with van der Waals surface area (Å²) < 4.78 is 28.8. The molecule has 6 heteroatoms. The van der Waals surface area contributed by atoms with E-state index in [1.165, 1.54) is 4.31 Å². The van der Waals surface area contributed by atoms with Gasteiger partial charge in [0.2, 0.25) is 0 Å². The molecule has 0 aromatic heterocycles. The number of nitrogens with zero attached hydrogens (tertiary/aromatic N) is 2. The zero-order valence-corrected chi connectivity index (χ0v) is 14.1. The van der Waals surface area contributed by atoms with Crippen LogP contribution in [0.15, 0.2) is 54.6 Å². The minimum atomic E-state index is -3.56. The van der Waals surface area contributed by atoms with Crippen LogP contribution in [-0.4, -0.2) is 29.1 Å². The van der Waals surface area contributed by atoms with Gasteiger partial charge in [-0.2, -0.15) is 8.42 Å².